The fraction of sp³-hybridized carbons (Fsp3) is 0.625. The number of aromatic nitrogens is 1. The minimum atomic E-state index is 0.0692. The van der Waals surface area contributed by atoms with Crippen molar-refractivity contribution in [3.05, 3.63) is 23.9 Å². The molecule has 1 aromatic heterocycles. The van der Waals surface area contributed by atoms with Crippen LogP contribution in [0.4, 0.5) is 5.82 Å². The highest BCUT2D eigenvalue weighted by Gasteiger charge is 2.23. The van der Waals surface area contributed by atoms with Crippen LogP contribution in [0.3, 0.4) is 0 Å². The third-order valence-corrected chi connectivity index (χ3v) is 3.92. The van der Waals surface area contributed by atoms with Gasteiger partial charge >= 0.3 is 0 Å². The van der Waals surface area contributed by atoms with E-state index in [1.807, 2.05) is 24.0 Å². The van der Waals surface area contributed by atoms with Crippen molar-refractivity contribution in [2.45, 2.75) is 39.5 Å². The van der Waals surface area contributed by atoms with Gasteiger partial charge in [0.2, 0.25) is 0 Å². The lowest BCUT2D eigenvalue weighted by atomic mass is 9.92. The summed E-state index contributed by atoms with van der Waals surface area (Å²) in [7, 11) is 0. The topological polar surface area (TPSA) is 45.2 Å². The fourth-order valence-electron chi connectivity index (χ4n) is 2.83. The molecule has 0 bridgehead atoms. The minimum Gasteiger partial charge on any atom is -0.370 e. The van der Waals surface area contributed by atoms with Crippen molar-refractivity contribution in [3.8, 4) is 0 Å². The average molecular weight is 275 g/mol. The molecule has 1 aliphatic heterocycles. The van der Waals surface area contributed by atoms with Gasteiger partial charge in [0.1, 0.15) is 11.5 Å². The van der Waals surface area contributed by atoms with Crippen molar-refractivity contribution < 1.29 is 4.79 Å². The van der Waals surface area contributed by atoms with Crippen molar-refractivity contribution in [3.63, 3.8) is 0 Å². The van der Waals surface area contributed by atoms with Gasteiger partial charge in [0.05, 0.1) is 0 Å². The second-order valence-electron chi connectivity index (χ2n) is 5.46. The standard InChI is InChI=1S/C16H25N3O/c1-3-6-13-9-11-19(12-10-13)16(20)14-7-5-8-15(18-14)17-4-2/h5,7-8,13H,3-4,6,9-12H2,1-2H3,(H,17,18). The van der Waals surface area contributed by atoms with Crippen LogP contribution in [0.1, 0.15) is 50.0 Å². The lowest BCUT2D eigenvalue weighted by Gasteiger charge is -2.31. The number of pyridine rings is 1. The van der Waals surface area contributed by atoms with E-state index in [1.54, 1.807) is 6.07 Å². The van der Waals surface area contributed by atoms with E-state index in [0.29, 0.717) is 5.69 Å². The van der Waals surface area contributed by atoms with Crippen LogP contribution in [-0.2, 0) is 0 Å². The molecule has 2 rings (SSSR count). The van der Waals surface area contributed by atoms with Crippen LogP contribution in [-0.4, -0.2) is 35.4 Å². The van der Waals surface area contributed by atoms with Gasteiger partial charge in [0.25, 0.3) is 5.91 Å². The smallest absolute Gasteiger partial charge is 0.272 e. The normalized spacial score (nSPS) is 16.2. The average Bonchev–Trinajstić information content (AvgIpc) is 2.48. The summed E-state index contributed by atoms with van der Waals surface area (Å²) in [5.41, 5.74) is 0.553. The first kappa shape index (κ1) is 14.8. The van der Waals surface area contributed by atoms with Gasteiger partial charge in [0.15, 0.2) is 0 Å². The molecule has 110 valence electrons. The molecule has 1 saturated heterocycles. The van der Waals surface area contributed by atoms with Crippen LogP contribution in [0.2, 0.25) is 0 Å². The summed E-state index contributed by atoms with van der Waals surface area (Å²) in [6, 6.07) is 5.59. The van der Waals surface area contributed by atoms with E-state index in [-0.39, 0.29) is 5.91 Å². The number of carbonyl (C=O) groups is 1. The molecule has 1 aliphatic rings. The van der Waals surface area contributed by atoms with Gasteiger partial charge in [0, 0.05) is 19.6 Å². The summed E-state index contributed by atoms with van der Waals surface area (Å²) >= 11 is 0. The first-order chi connectivity index (χ1) is 9.74. The van der Waals surface area contributed by atoms with Gasteiger partial charge in [-0.1, -0.05) is 25.8 Å². The van der Waals surface area contributed by atoms with Gasteiger partial charge in [-0.3, -0.25) is 4.79 Å². The molecular formula is C16H25N3O. The van der Waals surface area contributed by atoms with E-state index in [2.05, 4.69) is 17.2 Å². The van der Waals surface area contributed by atoms with Gasteiger partial charge in [-0.25, -0.2) is 4.98 Å². The molecule has 0 aromatic carbocycles. The van der Waals surface area contributed by atoms with Crippen LogP contribution in [0, 0.1) is 5.92 Å². The Bertz CT molecular complexity index is 439. The summed E-state index contributed by atoms with van der Waals surface area (Å²) in [6.45, 7) is 6.81. The molecule has 0 saturated carbocycles. The highest BCUT2D eigenvalue weighted by molar-refractivity contribution is 5.92. The van der Waals surface area contributed by atoms with Crippen molar-refractivity contribution in [2.24, 2.45) is 5.92 Å². The van der Waals surface area contributed by atoms with Crippen molar-refractivity contribution in [1.82, 2.24) is 9.88 Å². The molecule has 4 nitrogen and oxygen atoms in total. The van der Waals surface area contributed by atoms with Crippen LogP contribution < -0.4 is 5.32 Å². The largest absolute Gasteiger partial charge is 0.370 e. The van der Waals surface area contributed by atoms with Gasteiger partial charge < -0.3 is 10.2 Å². The number of carbonyl (C=O) groups excluding carboxylic acids is 1. The molecule has 0 aliphatic carbocycles. The Kier molecular flexibility index (Phi) is 5.39. The number of hydrogen-bond donors (Lipinski definition) is 1. The number of likely N-dealkylation sites (tertiary alicyclic amines) is 1. The molecule has 4 heteroatoms. The second kappa shape index (κ2) is 7.27. The highest BCUT2D eigenvalue weighted by atomic mass is 16.2. The quantitative estimate of drug-likeness (QED) is 0.897. The minimum absolute atomic E-state index is 0.0692. The Morgan fingerprint density at radius 3 is 2.75 bits per heavy atom. The number of piperidine rings is 1. The van der Waals surface area contributed by atoms with Gasteiger partial charge in [-0.05, 0) is 37.8 Å². The summed E-state index contributed by atoms with van der Waals surface area (Å²) < 4.78 is 0. The monoisotopic (exact) mass is 275 g/mol. The Balaban J connectivity index is 1.96. The zero-order valence-electron chi connectivity index (χ0n) is 12.6. The first-order valence-corrected chi connectivity index (χ1v) is 7.74. The van der Waals surface area contributed by atoms with Crippen molar-refractivity contribution in [2.75, 3.05) is 25.0 Å². The van der Waals surface area contributed by atoms with E-state index in [4.69, 9.17) is 0 Å². The molecular weight excluding hydrogens is 250 g/mol. The van der Waals surface area contributed by atoms with Gasteiger partial charge in [-0.15, -0.1) is 0 Å². The molecule has 0 atom stereocenters. The highest BCUT2D eigenvalue weighted by Crippen LogP contribution is 2.22. The fourth-order valence-corrected chi connectivity index (χ4v) is 2.83. The van der Waals surface area contributed by atoms with E-state index in [1.165, 1.54) is 12.8 Å². The number of amides is 1. The predicted molar refractivity (Wildman–Crippen MR) is 81.9 cm³/mol. The third-order valence-electron chi connectivity index (χ3n) is 3.92. The number of anilines is 1. The number of rotatable bonds is 5. The zero-order chi connectivity index (χ0) is 14.4. The van der Waals surface area contributed by atoms with Crippen molar-refractivity contribution in [1.29, 1.82) is 0 Å². The summed E-state index contributed by atoms with van der Waals surface area (Å²) in [5, 5.41) is 3.15. The molecule has 0 unspecified atom stereocenters. The molecule has 1 N–H and O–H groups in total. The SMILES string of the molecule is CCCC1CCN(C(=O)c2cccc(NCC)n2)CC1. The maximum absolute atomic E-state index is 12.5. The van der Waals surface area contributed by atoms with Crippen LogP contribution in [0.15, 0.2) is 18.2 Å². The van der Waals surface area contributed by atoms with Crippen LogP contribution in [0.5, 0.6) is 0 Å². The lowest BCUT2D eigenvalue weighted by molar-refractivity contribution is 0.0681. The van der Waals surface area contributed by atoms with Crippen molar-refractivity contribution >= 4 is 11.7 Å². The summed E-state index contributed by atoms with van der Waals surface area (Å²) in [6.07, 6.45) is 4.79. The molecule has 1 aromatic rings. The zero-order valence-corrected chi connectivity index (χ0v) is 12.6. The first-order valence-electron chi connectivity index (χ1n) is 7.74. The van der Waals surface area contributed by atoms with Gasteiger partial charge in [-0.2, -0.15) is 0 Å². The molecule has 0 spiro atoms. The maximum Gasteiger partial charge on any atom is 0.272 e. The predicted octanol–water partition coefficient (Wildman–Crippen LogP) is 3.17. The maximum atomic E-state index is 12.5. The molecule has 2 heterocycles. The van der Waals surface area contributed by atoms with E-state index in [0.717, 1.165) is 44.2 Å². The van der Waals surface area contributed by atoms with E-state index >= 15 is 0 Å². The Labute approximate surface area is 121 Å². The second-order valence-corrected chi connectivity index (χ2v) is 5.46. The van der Waals surface area contributed by atoms with E-state index in [9.17, 15) is 4.79 Å². The number of nitrogens with zero attached hydrogens (tertiary/aromatic N) is 2. The molecule has 0 radical (unpaired) electrons. The third kappa shape index (κ3) is 3.71. The Morgan fingerprint density at radius 2 is 2.10 bits per heavy atom. The van der Waals surface area contributed by atoms with Crippen LogP contribution >= 0.6 is 0 Å². The number of nitrogens with one attached hydrogen (secondary N) is 1. The van der Waals surface area contributed by atoms with E-state index < -0.39 is 0 Å². The van der Waals surface area contributed by atoms with Crippen LogP contribution in [0.25, 0.3) is 0 Å². The summed E-state index contributed by atoms with van der Waals surface area (Å²) in [5.74, 6) is 1.64. The summed E-state index contributed by atoms with van der Waals surface area (Å²) in [4.78, 5) is 18.8. The molecule has 20 heavy (non-hydrogen) atoms. The molecule has 1 amide bonds. The Morgan fingerprint density at radius 1 is 1.35 bits per heavy atom. The molecule has 1 fully saturated rings. The number of hydrogen-bond acceptors (Lipinski definition) is 3. The lowest BCUT2D eigenvalue weighted by Crippen LogP contribution is -2.38. The Hall–Kier alpha value is -1.58.